The van der Waals surface area contributed by atoms with E-state index in [1.807, 2.05) is 37.3 Å². The highest BCUT2D eigenvalue weighted by atomic mass is 16.5. The minimum absolute atomic E-state index is 0.0308. The van der Waals surface area contributed by atoms with Gasteiger partial charge in [-0.05, 0) is 61.7 Å². The highest BCUT2D eigenvalue weighted by Gasteiger charge is 2.23. The van der Waals surface area contributed by atoms with Crippen molar-refractivity contribution in [3.63, 3.8) is 0 Å². The van der Waals surface area contributed by atoms with Gasteiger partial charge in [-0.3, -0.25) is 9.59 Å². The summed E-state index contributed by atoms with van der Waals surface area (Å²) in [5, 5.41) is 0. The zero-order valence-corrected chi connectivity index (χ0v) is 21.0. The van der Waals surface area contributed by atoms with Gasteiger partial charge >= 0.3 is 0 Å². The largest absolute Gasteiger partial charge is 0.497 e. The van der Waals surface area contributed by atoms with Gasteiger partial charge in [0, 0.05) is 18.7 Å². The molecule has 6 heteroatoms. The molecule has 186 valence electrons. The quantitative estimate of drug-likeness (QED) is 0.306. The van der Waals surface area contributed by atoms with Crippen molar-refractivity contribution in [3.05, 3.63) is 89.4 Å². The minimum Gasteiger partial charge on any atom is -0.497 e. The van der Waals surface area contributed by atoms with Gasteiger partial charge in [0.15, 0.2) is 0 Å². The van der Waals surface area contributed by atoms with Gasteiger partial charge in [-0.1, -0.05) is 50.1 Å². The maximum Gasteiger partial charge on any atom is 0.254 e. The number of amides is 2. The molecule has 0 aliphatic rings. The molecule has 2 amide bonds. The van der Waals surface area contributed by atoms with Crippen molar-refractivity contribution < 1.29 is 18.7 Å². The number of carbonyl (C=O) groups excluding carboxylic acids is 2. The van der Waals surface area contributed by atoms with Crippen molar-refractivity contribution >= 4 is 11.8 Å². The van der Waals surface area contributed by atoms with Gasteiger partial charge in [-0.25, -0.2) is 0 Å². The fourth-order valence-electron chi connectivity index (χ4n) is 3.94. The number of unbranched alkanes of at least 4 members (excludes halogenated alkanes) is 2. The Labute approximate surface area is 208 Å². The Morgan fingerprint density at radius 2 is 1.63 bits per heavy atom. The lowest BCUT2D eigenvalue weighted by Gasteiger charge is -2.27. The molecule has 0 spiro atoms. The highest BCUT2D eigenvalue weighted by Crippen LogP contribution is 2.16. The van der Waals surface area contributed by atoms with Crippen molar-refractivity contribution in [1.82, 2.24) is 9.80 Å². The Hall–Kier alpha value is -3.54. The van der Waals surface area contributed by atoms with Gasteiger partial charge < -0.3 is 19.0 Å². The maximum absolute atomic E-state index is 13.5. The van der Waals surface area contributed by atoms with Crippen molar-refractivity contribution in [2.75, 3.05) is 26.7 Å². The van der Waals surface area contributed by atoms with E-state index < -0.39 is 0 Å². The van der Waals surface area contributed by atoms with Crippen molar-refractivity contribution in [2.24, 2.45) is 0 Å². The Bertz CT molecular complexity index is 1060. The lowest BCUT2D eigenvalue weighted by Crippen LogP contribution is -2.43. The molecule has 3 aromatic rings. The molecule has 0 radical (unpaired) electrons. The van der Waals surface area contributed by atoms with Crippen molar-refractivity contribution in [2.45, 2.75) is 46.1 Å². The third-order valence-electron chi connectivity index (χ3n) is 5.99. The second-order valence-electron chi connectivity index (χ2n) is 8.73. The molecule has 0 atom stereocenters. The highest BCUT2D eigenvalue weighted by molar-refractivity contribution is 5.96. The van der Waals surface area contributed by atoms with Crippen LogP contribution in [0.5, 0.6) is 5.75 Å². The summed E-state index contributed by atoms with van der Waals surface area (Å²) in [4.78, 5) is 30.3. The van der Waals surface area contributed by atoms with E-state index in [0.29, 0.717) is 30.9 Å². The van der Waals surface area contributed by atoms with Crippen LogP contribution in [0, 0.1) is 6.92 Å². The molecule has 1 heterocycles. The first-order valence-corrected chi connectivity index (χ1v) is 12.3. The molecule has 3 rings (SSSR count). The third kappa shape index (κ3) is 8.02. The molecule has 0 unspecified atom stereocenters. The molecule has 2 aromatic carbocycles. The summed E-state index contributed by atoms with van der Waals surface area (Å²) in [6, 6.07) is 20.9. The molecular formula is C29H36N2O4. The lowest BCUT2D eigenvalue weighted by molar-refractivity contribution is -0.132. The van der Waals surface area contributed by atoms with E-state index in [1.54, 1.807) is 41.2 Å². The Kier molecular flexibility index (Phi) is 9.96. The van der Waals surface area contributed by atoms with Crippen LogP contribution >= 0.6 is 0 Å². The second-order valence-corrected chi connectivity index (χ2v) is 8.73. The summed E-state index contributed by atoms with van der Waals surface area (Å²) in [7, 11) is 1.59. The summed E-state index contributed by atoms with van der Waals surface area (Å²) in [6.45, 7) is 5.50. The van der Waals surface area contributed by atoms with Crippen LogP contribution in [0.1, 0.15) is 53.6 Å². The molecule has 0 saturated carbocycles. The van der Waals surface area contributed by atoms with E-state index in [0.717, 1.165) is 42.8 Å². The van der Waals surface area contributed by atoms with Gasteiger partial charge in [0.25, 0.3) is 5.91 Å². The van der Waals surface area contributed by atoms with Crippen LogP contribution in [0.15, 0.2) is 71.1 Å². The van der Waals surface area contributed by atoms with Crippen LogP contribution in [0.2, 0.25) is 0 Å². The van der Waals surface area contributed by atoms with Gasteiger partial charge in [-0.2, -0.15) is 0 Å². The SMILES string of the molecule is CCCCCN(CC(=O)N(CCc1ccccc1)Cc1ccc(C)o1)C(=O)c1ccc(OC)cc1. The molecule has 1 aromatic heterocycles. The zero-order chi connectivity index (χ0) is 25.0. The Morgan fingerprint density at radius 1 is 0.886 bits per heavy atom. The summed E-state index contributed by atoms with van der Waals surface area (Å²) < 4.78 is 11.0. The predicted molar refractivity (Wildman–Crippen MR) is 137 cm³/mol. The van der Waals surface area contributed by atoms with E-state index in [1.165, 1.54) is 0 Å². The van der Waals surface area contributed by atoms with Crippen LogP contribution in [0.25, 0.3) is 0 Å². The van der Waals surface area contributed by atoms with Crippen LogP contribution in [0.3, 0.4) is 0 Å². The van der Waals surface area contributed by atoms with E-state index in [-0.39, 0.29) is 18.4 Å². The topological polar surface area (TPSA) is 63.0 Å². The van der Waals surface area contributed by atoms with E-state index in [9.17, 15) is 9.59 Å². The average Bonchev–Trinajstić information content (AvgIpc) is 3.30. The normalized spacial score (nSPS) is 10.7. The Morgan fingerprint density at radius 3 is 2.26 bits per heavy atom. The number of rotatable bonds is 13. The first-order valence-electron chi connectivity index (χ1n) is 12.3. The molecule has 0 aliphatic heterocycles. The first kappa shape index (κ1) is 26.1. The van der Waals surface area contributed by atoms with Crippen LogP contribution in [-0.4, -0.2) is 48.4 Å². The first-order chi connectivity index (χ1) is 17.0. The van der Waals surface area contributed by atoms with Crippen LogP contribution < -0.4 is 4.74 Å². The monoisotopic (exact) mass is 476 g/mol. The number of aryl methyl sites for hydroxylation is 1. The number of hydrogen-bond acceptors (Lipinski definition) is 4. The molecule has 35 heavy (non-hydrogen) atoms. The number of methoxy groups -OCH3 is 1. The summed E-state index contributed by atoms with van der Waals surface area (Å²) >= 11 is 0. The lowest BCUT2D eigenvalue weighted by atomic mass is 10.1. The fraction of sp³-hybridized carbons (Fsp3) is 0.379. The maximum atomic E-state index is 13.5. The van der Waals surface area contributed by atoms with Crippen molar-refractivity contribution in [1.29, 1.82) is 0 Å². The smallest absolute Gasteiger partial charge is 0.254 e. The molecule has 0 N–H and O–H groups in total. The summed E-state index contributed by atoms with van der Waals surface area (Å²) in [6.07, 6.45) is 3.63. The van der Waals surface area contributed by atoms with E-state index in [4.69, 9.17) is 9.15 Å². The molecule has 0 bridgehead atoms. The predicted octanol–water partition coefficient (Wildman–Crippen LogP) is 5.50. The molecule has 0 saturated heterocycles. The number of carbonyl (C=O) groups is 2. The molecule has 6 nitrogen and oxygen atoms in total. The number of hydrogen-bond donors (Lipinski definition) is 0. The number of ether oxygens (including phenoxy) is 1. The van der Waals surface area contributed by atoms with Gasteiger partial charge in [0.05, 0.1) is 13.7 Å². The molecule has 0 fully saturated rings. The van der Waals surface area contributed by atoms with Gasteiger partial charge in [0.2, 0.25) is 5.91 Å². The number of furan rings is 1. The zero-order valence-electron chi connectivity index (χ0n) is 21.0. The average molecular weight is 477 g/mol. The fourth-order valence-corrected chi connectivity index (χ4v) is 3.94. The van der Waals surface area contributed by atoms with Crippen molar-refractivity contribution in [3.8, 4) is 5.75 Å². The second kappa shape index (κ2) is 13.4. The summed E-state index contributed by atoms with van der Waals surface area (Å²) in [5.41, 5.74) is 1.71. The number of benzene rings is 2. The van der Waals surface area contributed by atoms with Crippen LogP contribution in [-0.2, 0) is 17.8 Å². The van der Waals surface area contributed by atoms with E-state index in [2.05, 4.69) is 19.1 Å². The Balaban J connectivity index is 1.75. The van der Waals surface area contributed by atoms with Crippen LogP contribution in [0.4, 0.5) is 0 Å². The molecular weight excluding hydrogens is 440 g/mol. The van der Waals surface area contributed by atoms with E-state index >= 15 is 0 Å². The standard InChI is InChI=1S/C29H36N2O4/c1-4-5-9-19-31(29(33)25-13-16-26(34-3)17-14-25)22-28(32)30(21-27-15-12-23(2)35-27)20-18-24-10-7-6-8-11-24/h6-8,10-17H,4-5,9,18-22H2,1-3H3. The van der Waals surface area contributed by atoms with Gasteiger partial charge in [-0.15, -0.1) is 0 Å². The summed E-state index contributed by atoms with van der Waals surface area (Å²) in [5.74, 6) is 2.01. The number of nitrogens with zero attached hydrogens (tertiary/aromatic N) is 2. The minimum atomic E-state index is -0.144. The molecule has 0 aliphatic carbocycles. The van der Waals surface area contributed by atoms with Gasteiger partial charge in [0.1, 0.15) is 23.8 Å². The third-order valence-corrected chi connectivity index (χ3v) is 5.99.